The fourth-order valence-electron chi connectivity index (χ4n) is 2.50. The van der Waals surface area contributed by atoms with Gasteiger partial charge in [-0.25, -0.2) is 4.98 Å². The first-order valence-electron chi connectivity index (χ1n) is 7.65. The number of benzene rings is 2. The molecule has 0 fully saturated rings. The summed E-state index contributed by atoms with van der Waals surface area (Å²) in [5.41, 5.74) is 0.968. The fraction of sp³-hybridized carbons (Fsp3) is 0. The second-order valence-corrected chi connectivity index (χ2v) is 5.45. The van der Waals surface area contributed by atoms with Gasteiger partial charge in [0.25, 0.3) is 0 Å². The molecule has 0 aliphatic rings. The van der Waals surface area contributed by atoms with E-state index in [0.29, 0.717) is 28.4 Å². The van der Waals surface area contributed by atoms with Crippen LogP contribution in [0.2, 0.25) is 0 Å². The third-order valence-corrected chi connectivity index (χ3v) is 3.71. The maximum absolute atomic E-state index is 12.2. The molecule has 4 rings (SSSR count). The number of aromatic hydroxyl groups is 1. The lowest BCUT2D eigenvalue weighted by Gasteiger charge is -2.06. The van der Waals surface area contributed by atoms with Gasteiger partial charge in [-0.05, 0) is 48.5 Å². The predicted molar refractivity (Wildman–Crippen MR) is 93.9 cm³/mol. The number of ether oxygens (including phenoxy) is 1. The molecule has 2 aromatic carbocycles. The van der Waals surface area contributed by atoms with Crippen molar-refractivity contribution in [2.75, 3.05) is 0 Å². The molecule has 0 saturated heterocycles. The van der Waals surface area contributed by atoms with Crippen molar-refractivity contribution in [3.8, 4) is 28.7 Å². The zero-order valence-electron chi connectivity index (χ0n) is 13.0. The summed E-state index contributed by atoms with van der Waals surface area (Å²) < 4.78 is 11.4. The van der Waals surface area contributed by atoms with E-state index in [1.807, 2.05) is 24.3 Å². The Morgan fingerprint density at radius 1 is 0.960 bits per heavy atom. The number of hydrogen-bond acceptors (Lipinski definition) is 5. The highest BCUT2D eigenvalue weighted by Gasteiger charge is 2.08. The van der Waals surface area contributed by atoms with Gasteiger partial charge < -0.3 is 14.3 Å². The van der Waals surface area contributed by atoms with Gasteiger partial charge in [0.2, 0.25) is 5.88 Å². The van der Waals surface area contributed by atoms with Crippen LogP contribution in [0.4, 0.5) is 0 Å². The Labute approximate surface area is 142 Å². The molecular weight excluding hydrogens is 318 g/mol. The maximum Gasteiger partial charge on any atom is 0.219 e. The minimum Gasteiger partial charge on any atom is -0.508 e. The largest absolute Gasteiger partial charge is 0.508 e. The summed E-state index contributed by atoms with van der Waals surface area (Å²) >= 11 is 0. The minimum atomic E-state index is -0.207. The van der Waals surface area contributed by atoms with Crippen LogP contribution in [0, 0.1) is 0 Å². The molecule has 0 radical (unpaired) electrons. The van der Waals surface area contributed by atoms with Gasteiger partial charge in [-0.15, -0.1) is 0 Å². The van der Waals surface area contributed by atoms with Gasteiger partial charge in [-0.2, -0.15) is 0 Å². The molecule has 25 heavy (non-hydrogen) atoms. The minimum absolute atomic E-state index is 0.0311. The highest BCUT2D eigenvalue weighted by atomic mass is 16.5. The standard InChI is InChI=1S/C20H13NO4/c22-14-6-9-18-16(11-14)17(23)12-19(25-18)13-4-7-15(8-5-13)24-20-3-1-2-10-21-20/h1-12,22H. The van der Waals surface area contributed by atoms with Crippen LogP contribution in [0.1, 0.15) is 0 Å². The number of pyridine rings is 1. The highest BCUT2D eigenvalue weighted by molar-refractivity contribution is 5.80. The first-order valence-corrected chi connectivity index (χ1v) is 7.65. The smallest absolute Gasteiger partial charge is 0.219 e. The number of phenols is 1. The Bertz CT molecular complexity index is 1090. The molecule has 0 aliphatic heterocycles. The zero-order valence-corrected chi connectivity index (χ0v) is 13.0. The highest BCUT2D eigenvalue weighted by Crippen LogP contribution is 2.27. The molecule has 2 heterocycles. The molecular formula is C20H13NO4. The summed E-state index contributed by atoms with van der Waals surface area (Å²) in [6.45, 7) is 0. The Balaban J connectivity index is 1.67. The number of aromatic nitrogens is 1. The number of hydrogen-bond donors (Lipinski definition) is 1. The Morgan fingerprint density at radius 2 is 1.80 bits per heavy atom. The van der Waals surface area contributed by atoms with Crippen molar-refractivity contribution in [2.24, 2.45) is 0 Å². The predicted octanol–water partition coefficient (Wildman–Crippen LogP) is 4.35. The lowest BCUT2D eigenvalue weighted by atomic mass is 10.1. The van der Waals surface area contributed by atoms with Gasteiger partial charge in [-0.1, -0.05) is 6.07 Å². The molecule has 0 atom stereocenters. The van der Waals surface area contributed by atoms with Crippen molar-refractivity contribution in [3.63, 3.8) is 0 Å². The number of rotatable bonds is 3. The molecule has 122 valence electrons. The van der Waals surface area contributed by atoms with Crippen molar-refractivity contribution >= 4 is 11.0 Å². The number of phenolic OH excluding ortho intramolecular Hbond substituents is 1. The van der Waals surface area contributed by atoms with Crippen molar-refractivity contribution in [3.05, 3.63) is 83.2 Å². The van der Waals surface area contributed by atoms with Crippen molar-refractivity contribution in [1.29, 1.82) is 0 Å². The third kappa shape index (κ3) is 3.07. The molecule has 1 N–H and O–H groups in total. The summed E-state index contributed by atoms with van der Waals surface area (Å²) in [4.78, 5) is 16.3. The van der Waals surface area contributed by atoms with E-state index < -0.39 is 0 Å². The van der Waals surface area contributed by atoms with Gasteiger partial charge in [0.15, 0.2) is 5.43 Å². The lowest BCUT2D eigenvalue weighted by molar-refractivity contribution is 0.463. The van der Waals surface area contributed by atoms with Crippen LogP contribution >= 0.6 is 0 Å². The summed E-state index contributed by atoms with van der Waals surface area (Å²) in [7, 11) is 0. The fourth-order valence-corrected chi connectivity index (χ4v) is 2.50. The molecule has 0 amide bonds. The van der Waals surface area contributed by atoms with Crippen LogP contribution in [-0.4, -0.2) is 10.1 Å². The number of fused-ring (bicyclic) bond motifs is 1. The monoisotopic (exact) mass is 331 g/mol. The summed E-state index contributed by atoms with van der Waals surface area (Å²) in [6, 6.07) is 18.5. The van der Waals surface area contributed by atoms with Gasteiger partial charge in [-0.3, -0.25) is 4.79 Å². The van der Waals surface area contributed by atoms with Crippen LogP contribution in [-0.2, 0) is 0 Å². The molecule has 0 spiro atoms. The second-order valence-electron chi connectivity index (χ2n) is 5.45. The average molecular weight is 331 g/mol. The second kappa shape index (κ2) is 6.13. The van der Waals surface area contributed by atoms with Crippen LogP contribution in [0.5, 0.6) is 17.4 Å². The molecule has 2 aromatic heterocycles. The van der Waals surface area contributed by atoms with E-state index in [2.05, 4.69) is 4.98 Å². The van der Waals surface area contributed by atoms with E-state index in [9.17, 15) is 9.90 Å². The van der Waals surface area contributed by atoms with Crippen LogP contribution in [0.25, 0.3) is 22.3 Å². The lowest BCUT2D eigenvalue weighted by Crippen LogP contribution is -2.00. The summed E-state index contributed by atoms with van der Waals surface area (Å²) in [6.07, 6.45) is 1.66. The first-order chi connectivity index (χ1) is 12.2. The first kappa shape index (κ1) is 15.0. The summed E-state index contributed by atoms with van der Waals surface area (Å²) in [5.74, 6) is 1.62. The SMILES string of the molecule is O=c1cc(-c2ccc(Oc3ccccn3)cc2)oc2ccc(O)cc12. The van der Waals surface area contributed by atoms with Gasteiger partial charge in [0, 0.05) is 23.9 Å². The van der Waals surface area contributed by atoms with E-state index in [0.717, 1.165) is 5.56 Å². The molecule has 0 unspecified atom stereocenters. The molecule has 5 nitrogen and oxygen atoms in total. The topological polar surface area (TPSA) is 72.6 Å². The van der Waals surface area contributed by atoms with Crippen LogP contribution in [0.15, 0.2) is 82.1 Å². The van der Waals surface area contributed by atoms with Gasteiger partial charge in [0.1, 0.15) is 22.8 Å². The van der Waals surface area contributed by atoms with Crippen molar-refractivity contribution < 1.29 is 14.3 Å². The van der Waals surface area contributed by atoms with Gasteiger partial charge in [0.05, 0.1) is 5.39 Å². The van der Waals surface area contributed by atoms with Crippen LogP contribution < -0.4 is 10.2 Å². The van der Waals surface area contributed by atoms with Crippen molar-refractivity contribution in [2.45, 2.75) is 0 Å². The molecule has 0 saturated carbocycles. The molecule has 5 heteroatoms. The van der Waals surface area contributed by atoms with E-state index in [1.54, 1.807) is 30.5 Å². The Morgan fingerprint density at radius 3 is 2.56 bits per heavy atom. The molecule has 4 aromatic rings. The van der Waals surface area contributed by atoms with E-state index in [-0.39, 0.29) is 11.2 Å². The zero-order chi connectivity index (χ0) is 17.2. The Hall–Kier alpha value is -3.60. The Kier molecular flexibility index (Phi) is 3.67. The van der Waals surface area contributed by atoms with Crippen LogP contribution in [0.3, 0.4) is 0 Å². The van der Waals surface area contributed by atoms with E-state index >= 15 is 0 Å². The third-order valence-electron chi connectivity index (χ3n) is 3.71. The average Bonchev–Trinajstić information content (AvgIpc) is 2.64. The van der Waals surface area contributed by atoms with Gasteiger partial charge >= 0.3 is 0 Å². The number of nitrogens with zero attached hydrogens (tertiary/aromatic N) is 1. The normalized spacial score (nSPS) is 10.7. The quantitative estimate of drug-likeness (QED) is 0.604. The summed E-state index contributed by atoms with van der Waals surface area (Å²) in [5, 5.41) is 9.84. The van der Waals surface area contributed by atoms with E-state index in [1.165, 1.54) is 18.2 Å². The molecule has 0 bridgehead atoms. The van der Waals surface area contributed by atoms with E-state index in [4.69, 9.17) is 9.15 Å². The van der Waals surface area contributed by atoms with Crippen molar-refractivity contribution in [1.82, 2.24) is 4.98 Å². The molecule has 0 aliphatic carbocycles. The maximum atomic E-state index is 12.2.